The molecule has 0 spiro atoms. The Hall–Kier alpha value is -2.93. The summed E-state index contributed by atoms with van der Waals surface area (Å²) in [7, 11) is 3.90. The van der Waals surface area contributed by atoms with E-state index in [0.29, 0.717) is 24.3 Å². The molecule has 0 aliphatic carbocycles. The Morgan fingerprint density at radius 3 is 2.32 bits per heavy atom. The number of rotatable bonds is 7. The van der Waals surface area contributed by atoms with Gasteiger partial charge < -0.3 is 20.9 Å². The Balaban J connectivity index is 1.79. The van der Waals surface area contributed by atoms with Crippen LogP contribution < -0.4 is 16.0 Å². The molecule has 1 aromatic heterocycles. The lowest BCUT2D eigenvalue weighted by Gasteiger charge is -2.11. The molecular weight excluding hydrogens is 318 g/mol. The molecule has 0 radical (unpaired) electrons. The number of urea groups is 1. The van der Waals surface area contributed by atoms with Crippen molar-refractivity contribution in [1.82, 2.24) is 20.5 Å². The van der Waals surface area contributed by atoms with E-state index in [1.807, 2.05) is 31.1 Å². The van der Waals surface area contributed by atoms with Gasteiger partial charge in [-0.15, -0.1) is 0 Å². The van der Waals surface area contributed by atoms with Crippen molar-refractivity contribution in [3.63, 3.8) is 0 Å². The van der Waals surface area contributed by atoms with Crippen molar-refractivity contribution >= 4 is 17.6 Å². The van der Waals surface area contributed by atoms with Crippen molar-refractivity contribution in [3.8, 4) is 0 Å². The second kappa shape index (κ2) is 9.39. The summed E-state index contributed by atoms with van der Waals surface area (Å²) in [5.74, 6) is -0.129. The van der Waals surface area contributed by atoms with Gasteiger partial charge >= 0.3 is 6.03 Å². The van der Waals surface area contributed by atoms with E-state index in [0.717, 1.165) is 12.1 Å². The summed E-state index contributed by atoms with van der Waals surface area (Å²) in [6, 6.07) is 10.1. The van der Waals surface area contributed by atoms with Gasteiger partial charge in [0.2, 0.25) is 0 Å². The molecule has 1 heterocycles. The normalized spacial score (nSPS) is 10.4. The third-order valence-corrected chi connectivity index (χ3v) is 3.45. The first kappa shape index (κ1) is 18.4. The number of carbonyl (C=O) groups is 2. The fourth-order valence-corrected chi connectivity index (χ4v) is 2.06. The predicted octanol–water partition coefficient (Wildman–Crippen LogP) is 1.69. The smallest absolute Gasteiger partial charge is 0.319 e. The summed E-state index contributed by atoms with van der Waals surface area (Å²) in [5, 5.41) is 8.34. The monoisotopic (exact) mass is 341 g/mol. The highest BCUT2D eigenvalue weighted by Crippen LogP contribution is 2.09. The van der Waals surface area contributed by atoms with E-state index in [1.54, 1.807) is 36.7 Å². The summed E-state index contributed by atoms with van der Waals surface area (Å²) in [6.07, 6.45) is 3.36. The zero-order chi connectivity index (χ0) is 18.1. The van der Waals surface area contributed by atoms with Crippen LogP contribution in [0.1, 0.15) is 15.9 Å². The standard InChI is InChI=1S/C18H23N5O2/c1-23(2)12-11-20-17(24)15-3-5-16(6-4-15)22-18(25)21-13-14-7-9-19-10-8-14/h3-10H,11-13H2,1-2H3,(H,20,24)(H2,21,22,25). The highest BCUT2D eigenvalue weighted by molar-refractivity contribution is 5.95. The lowest BCUT2D eigenvalue weighted by Crippen LogP contribution is -2.31. The fourth-order valence-electron chi connectivity index (χ4n) is 2.06. The zero-order valence-corrected chi connectivity index (χ0v) is 14.5. The largest absolute Gasteiger partial charge is 0.351 e. The van der Waals surface area contributed by atoms with Gasteiger partial charge in [0.1, 0.15) is 0 Å². The van der Waals surface area contributed by atoms with Crippen LogP contribution in [-0.2, 0) is 6.54 Å². The average molecular weight is 341 g/mol. The SMILES string of the molecule is CN(C)CCNC(=O)c1ccc(NC(=O)NCc2ccncc2)cc1. The highest BCUT2D eigenvalue weighted by atomic mass is 16.2. The molecule has 0 atom stereocenters. The Bertz CT molecular complexity index is 686. The lowest BCUT2D eigenvalue weighted by molar-refractivity contribution is 0.0951. The summed E-state index contributed by atoms with van der Waals surface area (Å²) >= 11 is 0. The van der Waals surface area contributed by atoms with Crippen LogP contribution in [0.15, 0.2) is 48.8 Å². The third kappa shape index (κ3) is 6.60. The Labute approximate surface area is 147 Å². The first-order valence-corrected chi connectivity index (χ1v) is 8.01. The molecule has 132 valence electrons. The number of hydrogen-bond acceptors (Lipinski definition) is 4. The van der Waals surface area contributed by atoms with Crippen LogP contribution in [0.4, 0.5) is 10.5 Å². The van der Waals surface area contributed by atoms with Gasteiger partial charge in [0.05, 0.1) is 0 Å². The quantitative estimate of drug-likeness (QED) is 0.715. The number of pyridine rings is 1. The van der Waals surface area contributed by atoms with Crippen molar-refractivity contribution in [2.75, 3.05) is 32.5 Å². The number of aromatic nitrogens is 1. The van der Waals surface area contributed by atoms with Crippen molar-refractivity contribution in [2.45, 2.75) is 6.54 Å². The molecule has 0 fully saturated rings. The van der Waals surface area contributed by atoms with E-state index < -0.39 is 0 Å². The maximum atomic E-state index is 12.0. The summed E-state index contributed by atoms with van der Waals surface area (Å²) in [4.78, 5) is 29.8. The molecule has 0 aliphatic heterocycles. The molecule has 2 rings (SSSR count). The molecule has 0 saturated carbocycles. The molecule has 25 heavy (non-hydrogen) atoms. The van der Waals surface area contributed by atoms with Gasteiger partial charge in [-0.3, -0.25) is 9.78 Å². The average Bonchev–Trinajstić information content (AvgIpc) is 2.61. The Morgan fingerprint density at radius 2 is 1.68 bits per heavy atom. The number of benzene rings is 1. The van der Waals surface area contributed by atoms with E-state index in [9.17, 15) is 9.59 Å². The Morgan fingerprint density at radius 1 is 1.00 bits per heavy atom. The van der Waals surface area contributed by atoms with Crippen LogP contribution in [-0.4, -0.2) is 49.0 Å². The summed E-state index contributed by atoms with van der Waals surface area (Å²) in [5.41, 5.74) is 2.15. The maximum absolute atomic E-state index is 12.0. The molecule has 2 aromatic rings. The number of likely N-dealkylation sites (N-methyl/N-ethyl adjacent to an activating group) is 1. The molecule has 1 aromatic carbocycles. The fraction of sp³-hybridized carbons (Fsp3) is 0.278. The summed E-state index contributed by atoms with van der Waals surface area (Å²) < 4.78 is 0. The van der Waals surface area contributed by atoms with Gasteiger partial charge in [0.15, 0.2) is 0 Å². The topological polar surface area (TPSA) is 86.4 Å². The van der Waals surface area contributed by atoms with E-state index in [2.05, 4.69) is 20.9 Å². The van der Waals surface area contributed by atoms with Gasteiger partial charge in [-0.1, -0.05) is 0 Å². The molecule has 3 amide bonds. The minimum absolute atomic E-state index is 0.129. The van der Waals surface area contributed by atoms with Crippen molar-refractivity contribution in [2.24, 2.45) is 0 Å². The van der Waals surface area contributed by atoms with Gasteiger partial charge in [-0.2, -0.15) is 0 Å². The third-order valence-electron chi connectivity index (χ3n) is 3.45. The van der Waals surface area contributed by atoms with Gasteiger partial charge in [0, 0.05) is 43.3 Å². The molecule has 3 N–H and O–H groups in total. The Kier molecular flexibility index (Phi) is 6.91. The number of hydrogen-bond donors (Lipinski definition) is 3. The number of carbonyl (C=O) groups excluding carboxylic acids is 2. The van der Waals surface area contributed by atoms with Crippen LogP contribution in [0.2, 0.25) is 0 Å². The maximum Gasteiger partial charge on any atom is 0.319 e. The van der Waals surface area contributed by atoms with Gasteiger partial charge in [0.25, 0.3) is 5.91 Å². The number of anilines is 1. The number of nitrogens with zero attached hydrogens (tertiary/aromatic N) is 2. The molecule has 7 nitrogen and oxygen atoms in total. The van der Waals surface area contributed by atoms with Crippen LogP contribution in [0.3, 0.4) is 0 Å². The van der Waals surface area contributed by atoms with E-state index >= 15 is 0 Å². The van der Waals surface area contributed by atoms with Crippen LogP contribution in [0, 0.1) is 0 Å². The van der Waals surface area contributed by atoms with E-state index in [-0.39, 0.29) is 11.9 Å². The predicted molar refractivity (Wildman–Crippen MR) is 97.4 cm³/mol. The minimum Gasteiger partial charge on any atom is -0.351 e. The number of amides is 3. The molecule has 0 bridgehead atoms. The lowest BCUT2D eigenvalue weighted by atomic mass is 10.2. The van der Waals surface area contributed by atoms with E-state index in [1.165, 1.54) is 0 Å². The second-order valence-electron chi connectivity index (χ2n) is 5.80. The molecule has 7 heteroatoms. The van der Waals surface area contributed by atoms with Crippen LogP contribution in [0.25, 0.3) is 0 Å². The minimum atomic E-state index is -0.306. The van der Waals surface area contributed by atoms with Gasteiger partial charge in [-0.05, 0) is 56.1 Å². The second-order valence-corrected chi connectivity index (χ2v) is 5.80. The van der Waals surface area contributed by atoms with E-state index in [4.69, 9.17) is 0 Å². The summed E-state index contributed by atoms with van der Waals surface area (Å²) in [6.45, 7) is 1.78. The van der Waals surface area contributed by atoms with Crippen molar-refractivity contribution < 1.29 is 9.59 Å². The first-order valence-electron chi connectivity index (χ1n) is 8.01. The van der Waals surface area contributed by atoms with Crippen molar-refractivity contribution in [3.05, 3.63) is 59.9 Å². The van der Waals surface area contributed by atoms with Crippen LogP contribution >= 0.6 is 0 Å². The highest BCUT2D eigenvalue weighted by Gasteiger charge is 2.06. The molecule has 0 unspecified atom stereocenters. The van der Waals surface area contributed by atoms with Crippen molar-refractivity contribution in [1.29, 1.82) is 0 Å². The number of nitrogens with one attached hydrogen (secondary N) is 3. The van der Waals surface area contributed by atoms with Crippen LogP contribution in [0.5, 0.6) is 0 Å². The molecular formula is C18H23N5O2. The first-order chi connectivity index (χ1) is 12.0. The molecule has 0 saturated heterocycles. The van der Waals surface area contributed by atoms with Gasteiger partial charge in [-0.25, -0.2) is 4.79 Å². The zero-order valence-electron chi connectivity index (χ0n) is 14.5. The molecule has 0 aliphatic rings.